The van der Waals surface area contributed by atoms with Crippen molar-refractivity contribution in [1.29, 1.82) is 0 Å². The molecule has 1 aromatic carbocycles. The number of hydrogen-bond donors (Lipinski definition) is 2. The smallest absolute Gasteiger partial charge is 0.237 e. The van der Waals surface area contributed by atoms with E-state index in [-0.39, 0.29) is 30.3 Å². The zero-order valence-corrected chi connectivity index (χ0v) is 14.8. The number of hydrogen-bond acceptors (Lipinski definition) is 3. The van der Waals surface area contributed by atoms with Crippen LogP contribution >= 0.6 is 0 Å². The summed E-state index contributed by atoms with van der Waals surface area (Å²) in [4.78, 5) is 26.7. The predicted molar refractivity (Wildman–Crippen MR) is 95.6 cm³/mol. The minimum Gasteiger partial charge on any atom is -0.353 e. The molecule has 1 aromatic rings. The van der Waals surface area contributed by atoms with Crippen molar-refractivity contribution in [3.8, 4) is 0 Å². The van der Waals surface area contributed by atoms with Crippen molar-refractivity contribution >= 4 is 11.8 Å². The first kappa shape index (κ1) is 18.5. The molecule has 1 aliphatic heterocycles. The van der Waals surface area contributed by atoms with Gasteiger partial charge in [-0.2, -0.15) is 0 Å². The Kier molecular flexibility index (Phi) is 7.25. The predicted octanol–water partition coefficient (Wildman–Crippen LogP) is 1.72. The van der Waals surface area contributed by atoms with E-state index in [1.807, 2.05) is 18.2 Å². The van der Waals surface area contributed by atoms with Crippen LogP contribution in [0, 0.1) is 0 Å². The average Bonchev–Trinajstić information content (AvgIpc) is 2.61. The Morgan fingerprint density at radius 2 is 2.00 bits per heavy atom. The number of nitrogens with one attached hydrogen (secondary N) is 2. The van der Waals surface area contributed by atoms with Gasteiger partial charge < -0.3 is 10.6 Å². The first-order valence-corrected chi connectivity index (χ1v) is 8.99. The van der Waals surface area contributed by atoms with E-state index in [9.17, 15) is 9.59 Å². The summed E-state index contributed by atoms with van der Waals surface area (Å²) in [5.74, 6) is -0.0653. The highest BCUT2D eigenvalue weighted by Gasteiger charge is 2.31. The van der Waals surface area contributed by atoms with Gasteiger partial charge in [-0.25, -0.2) is 0 Å². The lowest BCUT2D eigenvalue weighted by molar-refractivity contribution is -0.134. The van der Waals surface area contributed by atoms with Crippen LogP contribution in [0.15, 0.2) is 30.3 Å². The Bertz CT molecular complexity index is 529. The molecule has 2 rings (SSSR count). The Hall–Kier alpha value is -1.88. The second kappa shape index (κ2) is 9.42. The number of piperazine rings is 1. The second-order valence-electron chi connectivity index (χ2n) is 6.36. The zero-order chi connectivity index (χ0) is 17.4. The fourth-order valence-corrected chi connectivity index (χ4v) is 3.12. The van der Waals surface area contributed by atoms with Crippen molar-refractivity contribution in [1.82, 2.24) is 15.5 Å². The normalized spacial score (nSPS) is 18.5. The molecule has 5 heteroatoms. The van der Waals surface area contributed by atoms with Crippen LogP contribution < -0.4 is 10.6 Å². The van der Waals surface area contributed by atoms with Crippen molar-refractivity contribution in [2.45, 2.75) is 51.6 Å². The van der Waals surface area contributed by atoms with E-state index in [1.54, 1.807) is 0 Å². The first-order chi connectivity index (χ1) is 11.6. The molecular weight excluding hydrogens is 302 g/mol. The Labute approximate surface area is 144 Å². The van der Waals surface area contributed by atoms with E-state index in [4.69, 9.17) is 0 Å². The fraction of sp³-hybridized carbons (Fsp3) is 0.579. The van der Waals surface area contributed by atoms with Crippen molar-refractivity contribution in [3.05, 3.63) is 35.9 Å². The van der Waals surface area contributed by atoms with Crippen LogP contribution in [0.5, 0.6) is 0 Å². The molecule has 0 aromatic heterocycles. The summed E-state index contributed by atoms with van der Waals surface area (Å²) in [5.41, 5.74) is 1.25. The van der Waals surface area contributed by atoms with Gasteiger partial charge >= 0.3 is 0 Å². The van der Waals surface area contributed by atoms with E-state index < -0.39 is 0 Å². The minimum atomic E-state index is -0.364. The Morgan fingerprint density at radius 1 is 1.29 bits per heavy atom. The highest BCUT2D eigenvalue weighted by atomic mass is 16.2. The summed E-state index contributed by atoms with van der Waals surface area (Å²) in [5, 5.41) is 5.92. The molecule has 24 heavy (non-hydrogen) atoms. The van der Waals surface area contributed by atoms with Gasteiger partial charge in [0, 0.05) is 25.7 Å². The first-order valence-electron chi connectivity index (χ1n) is 8.99. The highest BCUT2D eigenvalue weighted by Crippen LogP contribution is 2.11. The molecule has 1 heterocycles. The maximum absolute atomic E-state index is 12.3. The third-order valence-electron chi connectivity index (χ3n) is 4.70. The van der Waals surface area contributed by atoms with E-state index in [0.29, 0.717) is 6.54 Å². The van der Waals surface area contributed by atoms with Crippen LogP contribution in [-0.2, 0) is 16.0 Å². The standard InChI is InChI=1S/C19H29N3O2/c1-3-16(4-2)21-18(23)14-17-19(24)20-11-13-22(17)12-10-15-8-6-5-7-9-15/h5-9,16-17H,3-4,10-14H2,1-2H3,(H,20,24)(H,21,23). The van der Waals surface area contributed by atoms with Gasteiger partial charge in [-0.05, 0) is 24.8 Å². The van der Waals surface area contributed by atoms with Crippen LogP contribution in [0.2, 0.25) is 0 Å². The summed E-state index contributed by atoms with van der Waals surface area (Å²) in [6.07, 6.45) is 2.95. The lowest BCUT2D eigenvalue weighted by atomic mass is 10.1. The highest BCUT2D eigenvalue weighted by molar-refractivity contribution is 5.88. The molecule has 132 valence electrons. The fourth-order valence-electron chi connectivity index (χ4n) is 3.12. The van der Waals surface area contributed by atoms with Crippen molar-refractivity contribution < 1.29 is 9.59 Å². The number of carbonyl (C=O) groups is 2. The monoisotopic (exact) mass is 331 g/mol. The summed E-state index contributed by atoms with van der Waals surface area (Å²) in [7, 11) is 0. The van der Waals surface area contributed by atoms with Crippen LogP contribution in [0.1, 0.15) is 38.7 Å². The molecule has 1 saturated heterocycles. The lowest BCUT2D eigenvalue weighted by Gasteiger charge is -2.35. The summed E-state index contributed by atoms with van der Waals surface area (Å²) < 4.78 is 0. The van der Waals surface area contributed by atoms with Crippen molar-refractivity contribution in [2.75, 3.05) is 19.6 Å². The van der Waals surface area contributed by atoms with Gasteiger partial charge in [0.1, 0.15) is 0 Å². The molecule has 0 aliphatic carbocycles. The van der Waals surface area contributed by atoms with Crippen LogP contribution in [0.3, 0.4) is 0 Å². The molecule has 1 atom stereocenters. The van der Waals surface area contributed by atoms with Gasteiger partial charge in [0.05, 0.1) is 12.5 Å². The molecule has 0 saturated carbocycles. The van der Waals surface area contributed by atoms with Gasteiger partial charge in [0.2, 0.25) is 11.8 Å². The summed E-state index contributed by atoms with van der Waals surface area (Å²) in [6.45, 7) is 6.36. The molecule has 2 amide bonds. The van der Waals surface area contributed by atoms with Gasteiger partial charge in [0.15, 0.2) is 0 Å². The molecule has 0 bridgehead atoms. The summed E-state index contributed by atoms with van der Waals surface area (Å²) >= 11 is 0. The van der Waals surface area contributed by atoms with Gasteiger partial charge in [-0.1, -0.05) is 44.2 Å². The number of benzene rings is 1. The van der Waals surface area contributed by atoms with Gasteiger partial charge in [0.25, 0.3) is 0 Å². The van der Waals surface area contributed by atoms with Crippen LogP contribution in [0.4, 0.5) is 0 Å². The maximum atomic E-state index is 12.3. The Morgan fingerprint density at radius 3 is 2.67 bits per heavy atom. The van der Waals surface area contributed by atoms with Gasteiger partial charge in [-0.15, -0.1) is 0 Å². The SMILES string of the molecule is CCC(CC)NC(=O)CC1C(=O)NCCN1CCc1ccccc1. The van der Waals surface area contributed by atoms with E-state index in [2.05, 4.69) is 41.5 Å². The van der Waals surface area contributed by atoms with Crippen molar-refractivity contribution in [2.24, 2.45) is 0 Å². The quantitative estimate of drug-likeness (QED) is 0.762. The maximum Gasteiger partial charge on any atom is 0.237 e. The molecule has 1 fully saturated rings. The van der Waals surface area contributed by atoms with Crippen molar-refractivity contribution in [3.63, 3.8) is 0 Å². The Balaban J connectivity index is 1.93. The molecule has 1 aliphatic rings. The third-order valence-corrected chi connectivity index (χ3v) is 4.70. The zero-order valence-electron chi connectivity index (χ0n) is 14.8. The number of rotatable bonds is 8. The molecule has 0 radical (unpaired) electrons. The third kappa shape index (κ3) is 5.34. The molecule has 2 N–H and O–H groups in total. The minimum absolute atomic E-state index is 0.0320. The molecule has 1 unspecified atom stereocenters. The molecular formula is C19H29N3O2. The second-order valence-corrected chi connectivity index (χ2v) is 6.36. The number of nitrogens with zero attached hydrogens (tertiary/aromatic N) is 1. The van der Waals surface area contributed by atoms with Crippen LogP contribution in [0.25, 0.3) is 0 Å². The van der Waals surface area contributed by atoms with E-state index in [1.165, 1.54) is 5.56 Å². The topological polar surface area (TPSA) is 61.4 Å². The molecule has 0 spiro atoms. The summed E-state index contributed by atoms with van der Waals surface area (Å²) in [6, 6.07) is 10.1. The number of amides is 2. The number of carbonyl (C=O) groups excluding carboxylic acids is 2. The molecule has 5 nitrogen and oxygen atoms in total. The van der Waals surface area contributed by atoms with Crippen LogP contribution in [-0.4, -0.2) is 48.4 Å². The van der Waals surface area contributed by atoms with E-state index in [0.717, 1.165) is 32.4 Å². The largest absolute Gasteiger partial charge is 0.353 e. The lowest BCUT2D eigenvalue weighted by Crippen LogP contribution is -2.57. The van der Waals surface area contributed by atoms with Gasteiger partial charge in [-0.3, -0.25) is 14.5 Å². The van der Waals surface area contributed by atoms with E-state index >= 15 is 0 Å². The average molecular weight is 331 g/mol.